The molecule has 0 spiro atoms. The lowest BCUT2D eigenvalue weighted by atomic mass is 9.93. The Morgan fingerprint density at radius 3 is 2.36 bits per heavy atom. The number of halogens is 2. The predicted octanol–water partition coefficient (Wildman–Crippen LogP) is 2.80. The molecular weight excluding hydrogens is 345 g/mol. The van der Waals surface area contributed by atoms with Gasteiger partial charge in [0.25, 0.3) is 0 Å². The molecule has 1 aliphatic rings. The summed E-state index contributed by atoms with van der Waals surface area (Å²) < 4.78 is 12.9. The topological polar surface area (TPSA) is 75.4 Å². The number of nitrogens with two attached hydrogens (primary N) is 1. The highest BCUT2D eigenvalue weighted by molar-refractivity contribution is 5.92. The molecule has 0 aromatic heterocycles. The van der Waals surface area contributed by atoms with Gasteiger partial charge in [0.15, 0.2) is 0 Å². The Morgan fingerprint density at radius 1 is 1.28 bits per heavy atom. The number of piperidine rings is 1. The van der Waals surface area contributed by atoms with Gasteiger partial charge < -0.3 is 16.0 Å². The summed E-state index contributed by atoms with van der Waals surface area (Å²) in [6.45, 7) is 5.09. The summed E-state index contributed by atoms with van der Waals surface area (Å²) in [5.41, 5.74) is 6.59. The Balaban J connectivity index is 0.00000312. The van der Waals surface area contributed by atoms with Crippen molar-refractivity contribution in [2.24, 2.45) is 17.6 Å². The number of carbonyl (C=O) groups excluding carboxylic acids is 2. The molecular formula is C18H27ClFN3O2. The fraction of sp³-hybridized carbons (Fsp3) is 0.556. The van der Waals surface area contributed by atoms with E-state index in [1.165, 1.54) is 24.3 Å². The molecule has 2 rings (SSSR count). The Hall–Kier alpha value is -1.66. The maximum absolute atomic E-state index is 12.9. The van der Waals surface area contributed by atoms with Crippen LogP contribution in [0, 0.1) is 17.7 Å². The first-order valence-corrected chi connectivity index (χ1v) is 8.53. The zero-order valence-electron chi connectivity index (χ0n) is 14.7. The fourth-order valence-corrected chi connectivity index (χ4v) is 2.85. The first kappa shape index (κ1) is 21.4. The lowest BCUT2D eigenvalue weighted by Gasteiger charge is -2.34. The third-order valence-electron chi connectivity index (χ3n) is 4.83. The normalized spacial score (nSPS) is 17.4. The van der Waals surface area contributed by atoms with Crippen LogP contribution in [0.4, 0.5) is 10.1 Å². The van der Waals surface area contributed by atoms with Crippen molar-refractivity contribution in [3.63, 3.8) is 0 Å². The van der Waals surface area contributed by atoms with Crippen LogP contribution in [0.15, 0.2) is 24.3 Å². The second-order valence-corrected chi connectivity index (χ2v) is 6.51. The number of amides is 2. The molecule has 1 saturated heterocycles. The van der Waals surface area contributed by atoms with Crippen LogP contribution in [0.2, 0.25) is 0 Å². The Bertz CT molecular complexity index is 574. The minimum absolute atomic E-state index is 0. The minimum Gasteiger partial charge on any atom is -0.341 e. The Labute approximate surface area is 154 Å². The average molecular weight is 372 g/mol. The summed E-state index contributed by atoms with van der Waals surface area (Å²) in [6, 6.07) is 5.23. The molecule has 1 fully saturated rings. The van der Waals surface area contributed by atoms with Gasteiger partial charge in [-0.25, -0.2) is 4.39 Å². The average Bonchev–Trinajstić information content (AvgIpc) is 2.61. The predicted molar refractivity (Wildman–Crippen MR) is 99.0 cm³/mol. The van der Waals surface area contributed by atoms with E-state index in [4.69, 9.17) is 5.73 Å². The lowest BCUT2D eigenvalue weighted by molar-refractivity contribution is -0.136. The standard InChI is InChI=1S/C18H26FN3O2.ClH/c1-3-12(2)16(20)18(24)22-10-8-13(9-11-22)17(23)21-15-6-4-14(19)5-7-15;/h4-7,12-13,16H,3,8-11,20H2,1-2H3,(H,21,23);1H. The quantitative estimate of drug-likeness (QED) is 0.835. The van der Waals surface area contributed by atoms with Gasteiger partial charge in [-0.2, -0.15) is 0 Å². The molecule has 2 amide bonds. The molecule has 1 heterocycles. The molecule has 0 saturated carbocycles. The van der Waals surface area contributed by atoms with Crippen molar-refractivity contribution in [1.29, 1.82) is 0 Å². The van der Waals surface area contributed by atoms with Gasteiger partial charge in [0.1, 0.15) is 5.82 Å². The van der Waals surface area contributed by atoms with E-state index in [0.717, 1.165) is 6.42 Å². The molecule has 1 aliphatic heterocycles. The second-order valence-electron chi connectivity index (χ2n) is 6.51. The zero-order chi connectivity index (χ0) is 17.7. The molecule has 1 aromatic carbocycles. The maximum Gasteiger partial charge on any atom is 0.239 e. The van der Waals surface area contributed by atoms with Gasteiger partial charge in [-0.05, 0) is 43.0 Å². The molecule has 140 valence electrons. The molecule has 0 bridgehead atoms. The molecule has 5 nitrogen and oxygen atoms in total. The van der Waals surface area contributed by atoms with E-state index >= 15 is 0 Å². The Kier molecular flexibility index (Phi) is 8.32. The minimum atomic E-state index is -0.473. The smallest absolute Gasteiger partial charge is 0.239 e. The molecule has 1 aromatic rings. The summed E-state index contributed by atoms with van der Waals surface area (Å²) in [6.07, 6.45) is 2.10. The van der Waals surface area contributed by atoms with Crippen LogP contribution >= 0.6 is 12.4 Å². The maximum atomic E-state index is 12.9. The molecule has 25 heavy (non-hydrogen) atoms. The van der Waals surface area contributed by atoms with Gasteiger partial charge in [0, 0.05) is 24.7 Å². The van der Waals surface area contributed by atoms with Crippen LogP contribution in [0.5, 0.6) is 0 Å². The first-order chi connectivity index (χ1) is 11.4. The van der Waals surface area contributed by atoms with E-state index in [2.05, 4.69) is 5.32 Å². The van der Waals surface area contributed by atoms with E-state index in [9.17, 15) is 14.0 Å². The number of carbonyl (C=O) groups is 2. The molecule has 2 unspecified atom stereocenters. The number of likely N-dealkylation sites (tertiary alicyclic amines) is 1. The van der Waals surface area contributed by atoms with E-state index in [-0.39, 0.29) is 41.9 Å². The number of hydrogen-bond acceptors (Lipinski definition) is 3. The molecule has 0 radical (unpaired) electrons. The summed E-state index contributed by atoms with van der Waals surface area (Å²) >= 11 is 0. The van der Waals surface area contributed by atoms with Gasteiger partial charge in [-0.3, -0.25) is 9.59 Å². The highest BCUT2D eigenvalue weighted by atomic mass is 35.5. The van der Waals surface area contributed by atoms with Gasteiger partial charge in [-0.1, -0.05) is 20.3 Å². The number of nitrogens with zero attached hydrogens (tertiary/aromatic N) is 1. The summed E-state index contributed by atoms with van der Waals surface area (Å²) in [4.78, 5) is 26.4. The van der Waals surface area contributed by atoms with Crippen molar-refractivity contribution in [1.82, 2.24) is 4.90 Å². The number of benzene rings is 1. The lowest BCUT2D eigenvalue weighted by Crippen LogP contribution is -2.50. The number of rotatable bonds is 5. The molecule has 0 aliphatic carbocycles. The highest BCUT2D eigenvalue weighted by Crippen LogP contribution is 2.21. The van der Waals surface area contributed by atoms with Crippen LogP contribution < -0.4 is 11.1 Å². The molecule has 7 heteroatoms. The monoisotopic (exact) mass is 371 g/mol. The fourth-order valence-electron chi connectivity index (χ4n) is 2.85. The van der Waals surface area contributed by atoms with Crippen molar-refractivity contribution >= 4 is 29.9 Å². The first-order valence-electron chi connectivity index (χ1n) is 8.53. The van der Waals surface area contributed by atoms with Crippen molar-refractivity contribution in [3.8, 4) is 0 Å². The van der Waals surface area contributed by atoms with E-state index in [0.29, 0.717) is 31.6 Å². The molecule has 2 atom stereocenters. The third-order valence-corrected chi connectivity index (χ3v) is 4.83. The van der Waals surface area contributed by atoms with Crippen molar-refractivity contribution < 1.29 is 14.0 Å². The number of anilines is 1. The van der Waals surface area contributed by atoms with Crippen LogP contribution in [0.25, 0.3) is 0 Å². The second kappa shape index (κ2) is 9.73. The van der Waals surface area contributed by atoms with Gasteiger partial charge in [-0.15, -0.1) is 12.4 Å². The van der Waals surface area contributed by atoms with E-state index in [1.807, 2.05) is 13.8 Å². The largest absolute Gasteiger partial charge is 0.341 e. The van der Waals surface area contributed by atoms with Gasteiger partial charge in [0.2, 0.25) is 11.8 Å². The van der Waals surface area contributed by atoms with Crippen molar-refractivity contribution in [3.05, 3.63) is 30.1 Å². The van der Waals surface area contributed by atoms with Gasteiger partial charge in [0.05, 0.1) is 6.04 Å². The van der Waals surface area contributed by atoms with Crippen molar-refractivity contribution in [2.75, 3.05) is 18.4 Å². The third kappa shape index (κ3) is 5.68. The van der Waals surface area contributed by atoms with Crippen LogP contribution in [0.3, 0.4) is 0 Å². The van der Waals surface area contributed by atoms with Crippen LogP contribution in [-0.4, -0.2) is 35.8 Å². The summed E-state index contributed by atoms with van der Waals surface area (Å²) in [5, 5.41) is 2.80. The number of hydrogen-bond donors (Lipinski definition) is 2. The zero-order valence-corrected chi connectivity index (χ0v) is 15.5. The van der Waals surface area contributed by atoms with E-state index in [1.54, 1.807) is 4.90 Å². The van der Waals surface area contributed by atoms with Crippen LogP contribution in [-0.2, 0) is 9.59 Å². The number of nitrogens with one attached hydrogen (secondary N) is 1. The SMILES string of the molecule is CCC(C)C(N)C(=O)N1CCC(C(=O)Nc2ccc(F)cc2)CC1.Cl. The van der Waals surface area contributed by atoms with Crippen LogP contribution in [0.1, 0.15) is 33.1 Å². The van der Waals surface area contributed by atoms with Gasteiger partial charge >= 0.3 is 0 Å². The summed E-state index contributed by atoms with van der Waals surface area (Å²) in [5.74, 6) is -0.435. The van der Waals surface area contributed by atoms with E-state index < -0.39 is 6.04 Å². The molecule has 3 N–H and O–H groups in total. The van der Waals surface area contributed by atoms with Crippen molar-refractivity contribution in [2.45, 2.75) is 39.2 Å². The Morgan fingerprint density at radius 2 is 1.84 bits per heavy atom. The highest BCUT2D eigenvalue weighted by Gasteiger charge is 2.31. The summed E-state index contributed by atoms with van der Waals surface area (Å²) in [7, 11) is 0.